The molecule has 0 radical (unpaired) electrons. The molecule has 2 aliphatic heterocycles. The van der Waals surface area contributed by atoms with Crippen LogP contribution in [0.2, 0.25) is 0 Å². The Kier molecular flexibility index (Phi) is 6.26. The highest BCUT2D eigenvalue weighted by Crippen LogP contribution is 2.32. The van der Waals surface area contributed by atoms with Crippen LogP contribution in [0.15, 0.2) is 48.5 Å². The average Bonchev–Trinajstić information content (AvgIpc) is 3.09. The van der Waals surface area contributed by atoms with Gasteiger partial charge in [0.25, 0.3) is 5.91 Å². The topological polar surface area (TPSA) is 82.2 Å². The van der Waals surface area contributed by atoms with Crippen molar-refractivity contribution in [3.8, 4) is 5.75 Å². The molecule has 2 heterocycles. The molecule has 0 spiro atoms. The number of methoxy groups -OCH3 is 1. The molecule has 8 nitrogen and oxygen atoms in total. The van der Waals surface area contributed by atoms with E-state index < -0.39 is 11.6 Å². The zero-order chi connectivity index (χ0) is 23.6. The van der Waals surface area contributed by atoms with Crippen molar-refractivity contribution in [2.75, 3.05) is 44.7 Å². The first-order chi connectivity index (χ1) is 15.9. The van der Waals surface area contributed by atoms with Crippen molar-refractivity contribution in [2.24, 2.45) is 0 Å². The molecule has 1 atom stereocenters. The minimum atomic E-state index is -1.13. The van der Waals surface area contributed by atoms with Gasteiger partial charge in [0.2, 0.25) is 5.91 Å². The first-order valence-electron chi connectivity index (χ1n) is 11.3. The zero-order valence-corrected chi connectivity index (χ0v) is 19.3. The first-order valence-corrected chi connectivity index (χ1v) is 11.3. The van der Waals surface area contributed by atoms with E-state index in [1.54, 1.807) is 12.0 Å². The van der Waals surface area contributed by atoms with E-state index in [1.165, 1.54) is 0 Å². The molecule has 2 aromatic rings. The molecule has 0 unspecified atom stereocenters. The summed E-state index contributed by atoms with van der Waals surface area (Å²) in [6, 6.07) is 14.9. The van der Waals surface area contributed by atoms with Gasteiger partial charge in [-0.1, -0.05) is 36.8 Å². The van der Waals surface area contributed by atoms with Crippen molar-refractivity contribution in [1.82, 2.24) is 15.1 Å². The van der Waals surface area contributed by atoms with Gasteiger partial charge in [-0.15, -0.1) is 0 Å². The fraction of sp³-hybridized carbons (Fsp3) is 0.400. The Morgan fingerprint density at radius 3 is 2.21 bits per heavy atom. The summed E-state index contributed by atoms with van der Waals surface area (Å²) in [7, 11) is 1.64. The summed E-state index contributed by atoms with van der Waals surface area (Å²) in [5.74, 6) is 0.211. The molecule has 0 bridgehead atoms. The van der Waals surface area contributed by atoms with Gasteiger partial charge in [0.1, 0.15) is 17.8 Å². The molecular weight excluding hydrogens is 420 g/mol. The molecule has 2 fully saturated rings. The highest BCUT2D eigenvalue weighted by atomic mass is 16.5. The summed E-state index contributed by atoms with van der Waals surface area (Å²) >= 11 is 0. The van der Waals surface area contributed by atoms with Crippen molar-refractivity contribution in [3.63, 3.8) is 0 Å². The number of anilines is 1. The van der Waals surface area contributed by atoms with Gasteiger partial charge >= 0.3 is 6.03 Å². The maximum absolute atomic E-state index is 13.3. The predicted octanol–water partition coefficient (Wildman–Crippen LogP) is 2.51. The molecule has 4 rings (SSSR count). The quantitative estimate of drug-likeness (QED) is 0.684. The summed E-state index contributed by atoms with van der Waals surface area (Å²) in [5, 5.41) is 2.85. The number of hydrogen-bond acceptors (Lipinski definition) is 5. The monoisotopic (exact) mass is 450 g/mol. The van der Waals surface area contributed by atoms with E-state index in [0.717, 1.165) is 27.5 Å². The molecule has 0 saturated carbocycles. The smallest absolute Gasteiger partial charge is 0.325 e. The van der Waals surface area contributed by atoms with Crippen molar-refractivity contribution >= 4 is 23.5 Å². The molecule has 1 N–H and O–H groups in total. The Labute approximate surface area is 194 Å². The molecule has 0 aliphatic carbocycles. The number of ether oxygens (including phenoxy) is 1. The van der Waals surface area contributed by atoms with E-state index in [0.29, 0.717) is 32.6 Å². The van der Waals surface area contributed by atoms with E-state index in [-0.39, 0.29) is 18.4 Å². The molecule has 8 heteroatoms. The van der Waals surface area contributed by atoms with Gasteiger partial charge < -0.3 is 19.9 Å². The lowest BCUT2D eigenvalue weighted by Crippen LogP contribution is -2.52. The Morgan fingerprint density at radius 1 is 1.00 bits per heavy atom. The Morgan fingerprint density at radius 2 is 1.64 bits per heavy atom. The van der Waals surface area contributed by atoms with Crippen LogP contribution in [0.5, 0.6) is 5.75 Å². The lowest BCUT2D eigenvalue weighted by Gasteiger charge is -2.36. The number of aryl methyl sites for hydroxylation is 1. The molecule has 2 aliphatic rings. The fourth-order valence-electron chi connectivity index (χ4n) is 4.49. The van der Waals surface area contributed by atoms with E-state index >= 15 is 0 Å². The summed E-state index contributed by atoms with van der Waals surface area (Å²) in [5.41, 5.74) is 1.75. The molecular formula is C25H30N4O4. The number of rotatable bonds is 6. The van der Waals surface area contributed by atoms with Crippen LogP contribution in [0.25, 0.3) is 0 Å². The average molecular weight is 451 g/mol. The maximum atomic E-state index is 13.3. The normalized spacial score (nSPS) is 20.8. The van der Waals surface area contributed by atoms with Crippen LogP contribution in [-0.4, -0.2) is 67.5 Å². The first kappa shape index (κ1) is 22.6. The summed E-state index contributed by atoms with van der Waals surface area (Å²) in [6.45, 7) is 6.01. The van der Waals surface area contributed by atoms with Crippen molar-refractivity contribution in [3.05, 3.63) is 59.7 Å². The largest absolute Gasteiger partial charge is 0.497 e. The van der Waals surface area contributed by atoms with Crippen LogP contribution in [0, 0.1) is 6.92 Å². The molecule has 4 amide bonds. The predicted molar refractivity (Wildman–Crippen MR) is 125 cm³/mol. The molecule has 2 aromatic carbocycles. The number of benzene rings is 2. The third kappa shape index (κ3) is 4.25. The number of amides is 4. The lowest BCUT2D eigenvalue weighted by atomic mass is 9.87. The van der Waals surface area contributed by atoms with E-state index in [1.807, 2.05) is 62.4 Å². The van der Waals surface area contributed by atoms with Crippen molar-refractivity contribution in [1.29, 1.82) is 0 Å². The number of nitrogens with one attached hydrogen (secondary N) is 1. The third-order valence-corrected chi connectivity index (χ3v) is 6.61. The fourth-order valence-corrected chi connectivity index (χ4v) is 4.49. The zero-order valence-electron chi connectivity index (χ0n) is 19.3. The highest BCUT2D eigenvalue weighted by molar-refractivity contribution is 6.09. The van der Waals surface area contributed by atoms with Crippen LogP contribution in [0.4, 0.5) is 10.5 Å². The lowest BCUT2D eigenvalue weighted by molar-refractivity contribution is -0.139. The third-order valence-electron chi connectivity index (χ3n) is 6.61. The van der Waals surface area contributed by atoms with E-state index in [2.05, 4.69) is 10.2 Å². The van der Waals surface area contributed by atoms with Crippen molar-refractivity contribution < 1.29 is 19.1 Å². The number of urea groups is 1. The van der Waals surface area contributed by atoms with E-state index in [4.69, 9.17) is 4.74 Å². The van der Waals surface area contributed by atoms with Crippen LogP contribution in [0.3, 0.4) is 0 Å². The van der Waals surface area contributed by atoms with Crippen LogP contribution >= 0.6 is 0 Å². The van der Waals surface area contributed by atoms with Gasteiger partial charge in [-0.05, 0) is 43.2 Å². The minimum Gasteiger partial charge on any atom is -0.497 e. The molecule has 0 aromatic heterocycles. The number of carbonyl (C=O) groups is 3. The molecule has 174 valence electrons. The SMILES string of the molecule is CC[C@]1(c2ccc(C)cc2)NC(=O)N(CC(=O)N2CCN(c3ccc(OC)cc3)CC2)C1=O. The van der Waals surface area contributed by atoms with Gasteiger partial charge in [-0.25, -0.2) is 4.79 Å². The van der Waals surface area contributed by atoms with E-state index in [9.17, 15) is 14.4 Å². The Hall–Kier alpha value is -3.55. The second-order valence-electron chi connectivity index (χ2n) is 8.51. The Bertz CT molecular complexity index is 1030. The summed E-state index contributed by atoms with van der Waals surface area (Å²) in [6.07, 6.45) is 0.409. The molecule has 33 heavy (non-hydrogen) atoms. The second kappa shape index (κ2) is 9.13. The van der Waals surface area contributed by atoms with Crippen LogP contribution < -0.4 is 15.0 Å². The standard InChI is InChI=1S/C25H30N4O4/c1-4-25(19-7-5-18(2)6-8-19)23(31)29(24(32)26-25)17-22(30)28-15-13-27(14-16-28)20-9-11-21(33-3)12-10-20/h5-12H,4,13-17H2,1-3H3,(H,26,32)/t25-/m1/s1. The number of hydrogen-bond donors (Lipinski definition) is 1. The number of piperazine rings is 1. The second-order valence-corrected chi connectivity index (χ2v) is 8.51. The summed E-state index contributed by atoms with van der Waals surface area (Å²) < 4.78 is 5.21. The molecule has 2 saturated heterocycles. The van der Waals surface area contributed by atoms with Crippen molar-refractivity contribution in [2.45, 2.75) is 25.8 Å². The number of nitrogens with zero attached hydrogens (tertiary/aromatic N) is 3. The van der Waals surface area contributed by atoms with Gasteiger partial charge in [0.15, 0.2) is 0 Å². The minimum absolute atomic E-state index is 0.219. The van der Waals surface area contributed by atoms with Gasteiger partial charge in [-0.3, -0.25) is 14.5 Å². The van der Waals surface area contributed by atoms with Crippen LogP contribution in [-0.2, 0) is 15.1 Å². The number of imide groups is 1. The van der Waals surface area contributed by atoms with Gasteiger partial charge in [0, 0.05) is 31.9 Å². The van der Waals surface area contributed by atoms with Crippen LogP contribution in [0.1, 0.15) is 24.5 Å². The highest BCUT2D eigenvalue weighted by Gasteiger charge is 2.51. The Balaban J connectivity index is 1.39. The maximum Gasteiger partial charge on any atom is 0.325 e. The number of carbonyl (C=O) groups excluding carboxylic acids is 3. The summed E-state index contributed by atoms with van der Waals surface area (Å²) in [4.78, 5) is 44.0. The van der Waals surface area contributed by atoms with Gasteiger partial charge in [-0.2, -0.15) is 0 Å². The van der Waals surface area contributed by atoms with Gasteiger partial charge in [0.05, 0.1) is 7.11 Å².